The smallest absolute Gasteiger partial charge is 0.259 e. The van der Waals surface area contributed by atoms with E-state index in [1.54, 1.807) is 6.92 Å². The fourth-order valence-corrected chi connectivity index (χ4v) is 1.71. The maximum Gasteiger partial charge on any atom is 0.259 e. The Bertz CT molecular complexity index is 393. The van der Waals surface area contributed by atoms with E-state index in [0.29, 0.717) is 11.3 Å². The Balaban J connectivity index is 2.05. The molecular formula is C10H12F2N2O2. The van der Waals surface area contributed by atoms with Crippen LogP contribution in [0.4, 0.5) is 8.78 Å². The second-order valence-electron chi connectivity index (χ2n) is 3.94. The van der Waals surface area contributed by atoms with Gasteiger partial charge in [-0.1, -0.05) is 5.16 Å². The molecule has 0 spiro atoms. The first kappa shape index (κ1) is 11.0. The standard InChI is InChI=1S/C10H12F2N2O2/c1-7-8(6-13-16-7)9(15)14-4-2-10(11,12)3-5-14/h6H,2-5H2,1H3. The molecule has 0 unspecified atom stereocenters. The van der Waals surface area contributed by atoms with Crippen LogP contribution in [-0.4, -0.2) is 35.0 Å². The van der Waals surface area contributed by atoms with Crippen molar-refractivity contribution in [2.24, 2.45) is 0 Å². The van der Waals surface area contributed by atoms with Crippen molar-refractivity contribution in [3.63, 3.8) is 0 Å². The first-order valence-corrected chi connectivity index (χ1v) is 5.08. The second-order valence-corrected chi connectivity index (χ2v) is 3.94. The molecule has 1 aliphatic rings. The van der Waals surface area contributed by atoms with E-state index in [1.165, 1.54) is 11.1 Å². The average Bonchev–Trinajstić information content (AvgIpc) is 2.63. The van der Waals surface area contributed by atoms with Crippen LogP contribution in [0.1, 0.15) is 29.0 Å². The molecule has 0 N–H and O–H groups in total. The third-order valence-electron chi connectivity index (χ3n) is 2.76. The maximum atomic E-state index is 12.9. The highest BCUT2D eigenvalue weighted by molar-refractivity contribution is 5.94. The molecule has 1 aromatic heterocycles. The Morgan fingerprint density at radius 1 is 1.50 bits per heavy atom. The molecule has 2 rings (SSSR count). The molecule has 1 aliphatic heterocycles. The Hall–Kier alpha value is -1.46. The number of hydrogen-bond acceptors (Lipinski definition) is 3. The highest BCUT2D eigenvalue weighted by Gasteiger charge is 2.36. The molecule has 0 aromatic carbocycles. The minimum atomic E-state index is -2.64. The summed E-state index contributed by atoms with van der Waals surface area (Å²) in [5.74, 6) is -2.50. The monoisotopic (exact) mass is 230 g/mol. The zero-order valence-electron chi connectivity index (χ0n) is 8.87. The average molecular weight is 230 g/mol. The molecule has 16 heavy (non-hydrogen) atoms. The molecule has 0 radical (unpaired) electrons. The lowest BCUT2D eigenvalue weighted by atomic mass is 10.1. The fourth-order valence-electron chi connectivity index (χ4n) is 1.71. The molecule has 4 nitrogen and oxygen atoms in total. The van der Waals surface area contributed by atoms with Crippen molar-refractivity contribution in [2.45, 2.75) is 25.7 Å². The van der Waals surface area contributed by atoms with Gasteiger partial charge in [-0.15, -0.1) is 0 Å². The van der Waals surface area contributed by atoms with Gasteiger partial charge in [-0.2, -0.15) is 0 Å². The van der Waals surface area contributed by atoms with E-state index in [2.05, 4.69) is 5.16 Å². The minimum absolute atomic E-state index is 0.0798. The number of aryl methyl sites for hydroxylation is 1. The molecule has 6 heteroatoms. The van der Waals surface area contributed by atoms with Crippen molar-refractivity contribution in [2.75, 3.05) is 13.1 Å². The molecule has 88 valence electrons. The van der Waals surface area contributed by atoms with Crippen LogP contribution in [0.5, 0.6) is 0 Å². The normalized spacial score (nSPS) is 19.8. The number of alkyl halides is 2. The number of piperidine rings is 1. The van der Waals surface area contributed by atoms with Crippen LogP contribution in [0.15, 0.2) is 10.7 Å². The number of carbonyl (C=O) groups is 1. The highest BCUT2D eigenvalue weighted by atomic mass is 19.3. The summed E-state index contributed by atoms with van der Waals surface area (Å²) in [6.45, 7) is 1.78. The van der Waals surface area contributed by atoms with Crippen molar-refractivity contribution in [3.05, 3.63) is 17.5 Å². The first-order chi connectivity index (χ1) is 7.49. The number of halogens is 2. The summed E-state index contributed by atoms with van der Waals surface area (Å²) in [7, 11) is 0. The molecule has 0 aliphatic carbocycles. The van der Waals surface area contributed by atoms with E-state index in [-0.39, 0.29) is 31.8 Å². The van der Waals surface area contributed by atoms with Gasteiger partial charge < -0.3 is 9.42 Å². The van der Waals surface area contributed by atoms with Crippen molar-refractivity contribution in [3.8, 4) is 0 Å². The van der Waals surface area contributed by atoms with Crippen molar-refractivity contribution in [1.82, 2.24) is 10.1 Å². The number of hydrogen-bond donors (Lipinski definition) is 0. The zero-order chi connectivity index (χ0) is 11.8. The Kier molecular flexibility index (Phi) is 2.65. The van der Waals surface area contributed by atoms with E-state index < -0.39 is 5.92 Å². The summed E-state index contributed by atoms with van der Waals surface area (Å²) in [5, 5.41) is 3.50. The van der Waals surface area contributed by atoms with Crippen LogP contribution in [0, 0.1) is 6.92 Å². The summed E-state index contributed by atoms with van der Waals surface area (Å²) in [4.78, 5) is 13.3. The lowest BCUT2D eigenvalue weighted by Gasteiger charge is -2.31. The Morgan fingerprint density at radius 3 is 2.62 bits per heavy atom. The van der Waals surface area contributed by atoms with Gasteiger partial charge in [0.1, 0.15) is 11.3 Å². The van der Waals surface area contributed by atoms with Gasteiger partial charge in [-0.25, -0.2) is 8.78 Å². The van der Waals surface area contributed by atoms with E-state index in [1.807, 2.05) is 0 Å². The quantitative estimate of drug-likeness (QED) is 0.739. The number of rotatable bonds is 1. The molecule has 0 bridgehead atoms. The molecule has 1 aromatic rings. The fraction of sp³-hybridized carbons (Fsp3) is 0.600. The van der Waals surface area contributed by atoms with Crippen LogP contribution in [0.3, 0.4) is 0 Å². The van der Waals surface area contributed by atoms with E-state index in [4.69, 9.17) is 4.52 Å². The molecule has 0 atom stereocenters. The van der Waals surface area contributed by atoms with Gasteiger partial charge in [-0.05, 0) is 6.92 Å². The van der Waals surface area contributed by atoms with Gasteiger partial charge in [0, 0.05) is 25.9 Å². The zero-order valence-corrected chi connectivity index (χ0v) is 8.87. The second kappa shape index (κ2) is 3.84. The number of carbonyl (C=O) groups excluding carboxylic acids is 1. The van der Waals surface area contributed by atoms with Gasteiger partial charge in [0.15, 0.2) is 0 Å². The topological polar surface area (TPSA) is 46.3 Å². The number of amides is 1. The van der Waals surface area contributed by atoms with Gasteiger partial charge in [0.2, 0.25) is 0 Å². The predicted molar refractivity (Wildman–Crippen MR) is 51.3 cm³/mol. The molecule has 1 fully saturated rings. The van der Waals surface area contributed by atoms with Crippen molar-refractivity contribution >= 4 is 5.91 Å². The van der Waals surface area contributed by atoms with E-state index in [9.17, 15) is 13.6 Å². The number of aromatic nitrogens is 1. The summed E-state index contributed by atoms with van der Waals surface area (Å²) < 4.78 is 30.6. The van der Waals surface area contributed by atoms with Crippen LogP contribution in [0.2, 0.25) is 0 Å². The molecule has 0 saturated carbocycles. The summed E-state index contributed by atoms with van der Waals surface area (Å²) in [6, 6.07) is 0. The van der Waals surface area contributed by atoms with Crippen LogP contribution < -0.4 is 0 Å². The lowest BCUT2D eigenvalue weighted by Crippen LogP contribution is -2.42. The summed E-state index contributed by atoms with van der Waals surface area (Å²) >= 11 is 0. The number of nitrogens with zero attached hydrogens (tertiary/aromatic N) is 2. The van der Waals surface area contributed by atoms with Crippen LogP contribution >= 0.6 is 0 Å². The Morgan fingerprint density at radius 2 is 2.12 bits per heavy atom. The third kappa shape index (κ3) is 2.05. The first-order valence-electron chi connectivity index (χ1n) is 5.08. The van der Waals surface area contributed by atoms with Crippen LogP contribution in [-0.2, 0) is 0 Å². The maximum absolute atomic E-state index is 12.9. The molecular weight excluding hydrogens is 218 g/mol. The summed E-state index contributed by atoms with van der Waals surface area (Å²) in [6.07, 6.45) is 0.774. The predicted octanol–water partition coefficient (Wildman–Crippen LogP) is 1.85. The van der Waals surface area contributed by atoms with Gasteiger partial charge in [0.05, 0.1) is 6.20 Å². The van der Waals surface area contributed by atoms with Gasteiger partial charge in [-0.3, -0.25) is 4.79 Å². The van der Waals surface area contributed by atoms with Gasteiger partial charge in [0.25, 0.3) is 11.8 Å². The summed E-state index contributed by atoms with van der Waals surface area (Å²) in [5.41, 5.74) is 0.352. The minimum Gasteiger partial charge on any atom is -0.361 e. The largest absolute Gasteiger partial charge is 0.361 e. The highest BCUT2D eigenvalue weighted by Crippen LogP contribution is 2.28. The molecule has 1 amide bonds. The molecule has 1 saturated heterocycles. The van der Waals surface area contributed by atoms with E-state index >= 15 is 0 Å². The van der Waals surface area contributed by atoms with Gasteiger partial charge >= 0.3 is 0 Å². The van der Waals surface area contributed by atoms with Crippen molar-refractivity contribution in [1.29, 1.82) is 0 Å². The molecule has 2 heterocycles. The van der Waals surface area contributed by atoms with E-state index in [0.717, 1.165) is 0 Å². The third-order valence-corrected chi connectivity index (χ3v) is 2.76. The van der Waals surface area contributed by atoms with Crippen LogP contribution in [0.25, 0.3) is 0 Å². The SMILES string of the molecule is Cc1oncc1C(=O)N1CCC(F)(F)CC1. The van der Waals surface area contributed by atoms with Crippen molar-refractivity contribution < 1.29 is 18.1 Å². The number of likely N-dealkylation sites (tertiary alicyclic amines) is 1. The Labute approximate surface area is 91.2 Å². The lowest BCUT2D eigenvalue weighted by molar-refractivity contribution is -0.0494.